The number of aliphatic carboxylic acids is 1. The van der Waals surface area contributed by atoms with Gasteiger partial charge in [-0.2, -0.15) is 0 Å². The van der Waals surface area contributed by atoms with Gasteiger partial charge in [0.05, 0.1) is 11.1 Å². The van der Waals surface area contributed by atoms with Crippen molar-refractivity contribution in [2.45, 2.75) is 25.4 Å². The number of rotatable bonds is 2. The summed E-state index contributed by atoms with van der Waals surface area (Å²) in [5.74, 6) is -2.99. The van der Waals surface area contributed by atoms with Crippen molar-refractivity contribution in [1.82, 2.24) is 5.32 Å². The molecule has 0 fully saturated rings. The molecule has 1 aliphatic heterocycles. The number of hydrogen-bond acceptors (Lipinski definition) is 3. The molecule has 0 radical (unpaired) electrons. The normalized spacial score (nSPS) is 21.3. The van der Waals surface area contributed by atoms with Crippen LogP contribution >= 0.6 is 0 Å². The molecule has 1 aliphatic rings. The minimum absolute atomic E-state index is 0.216. The Labute approximate surface area is 102 Å². The molecule has 6 heteroatoms. The summed E-state index contributed by atoms with van der Waals surface area (Å²) in [7, 11) is 0. The van der Waals surface area contributed by atoms with E-state index in [0.717, 1.165) is 12.1 Å². The van der Waals surface area contributed by atoms with Gasteiger partial charge < -0.3 is 10.4 Å². The van der Waals surface area contributed by atoms with E-state index in [4.69, 9.17) is 5.11 Å². The first-order chi connectivity index (χ1) is 8.33. The van der Waals surface area contributed by atoms with Crippen LogP contribution in [0.5, 0.6) is 0 Å². The van der Waals surface area contributed by atoms with Gasteiger partial charge in [-0.1, -0.05) is 6.07 Å². The number of aliphatic imine (C=N–C) groups is 1. The minimum atomic E-state index is -1.25. The van der Waals surface area contributed by atoms with E-state index in [9.17, 15) is 13.6 Å². The van der Waals surface area contributed by atoms with Gasteiger partial charge in [0.25, 0.3) is 0 Å². The van der Waals surface area contributed by atoms with Gasteiger partial charge in [-0.15, -0.1) is 0 Å². The molecule has 0 saturated heterocycles. The average molecular weight is 254 g/mol. The molecule has 4 nitrogen and oxygen atoms in total. The van der Waals surface area contributed by atoms with Crippen molar-refractivity contribution < 1.29 is 18.7 Å². The number of carbonyl (C=O) groups is 1. The van der Waals surface area contributed by atoms with Crippen LogP contribution in [-0.2, 0) is 4.79 Å². The Morgan fingerprint density at radius 3 is 2.39 bits per heavy atom. The smallest absolute Gasteiger partial charge is 0.371 e. The van der Waals surface area contributed by atoms with Crippen molar-refractivity contribution in [3.63, 3.8) is 0 Å². The van der Waals surface area contributed by atoms with E-state index in [1.807, 2.05) is 0 Å². The van der Waals surface area contributed by atoms with Gasteiger partial charge >= 0.3 is 5.97 Å². The molecular formula is C12H12F2N2O2. The standard InChI is InChI=1S/C12H12F2N2O2/c1-12(2)9(15-10(16-12)11(17)18)8-6(13)4-3-5-7(8)14/h3-5,9H,1-2H3,(H,15,16)(H,17,18). The van der Waals surface area contributed by atoms with Crippen molar-refractivity contribution in [2.75, 3.05) is 0 Å². The Bertz CT molecular complexity index is 521. The lowest BCUT2D eigenvalue weighted by molar-refractivity contribution is -0.129. The highest BCUT2D eigenvalue weighted by molar-refractivity contribution is 6.35. The van der Waals surface area contributed by atoms with Crippen LogP contribution in [0.4, 0.5) is 8.78 Å². The van der Waals surface area contributed by atoms with Crippen LogP contribution in [0.2, 0.25) is 0 Å². The van der Waals surface area contributed by atoms with E-state index < -0.39 is 29.2 Å². The maximum atomic E-state index is 13.7. The third kappa shape index (κ3) is 1.94. The van der Waals surface area contributed by atoms with Gasteiger partial charge in [0.1, 0.15) is 17.7 Å². The molecular weight excluding hydrogens is 242 g/mol. The highest BCUT2D eigenvalue weighted by Gasteiger charge is 2.41. The molecule has 18 heavy (non-hydrogen) atoms. The molecule has 96 valence electrons. The first-order valence-corrected chi connectivity index (χ1v) is 5.36. The van der Waals surface area contributed by atoms with Gasteiger partial charge in [0, 0.05) is 0 Å². The van der Waals surface area contributed by atoms with Crippen LogP contribution < -0.4 is 5.32 Å². The fourth-order valence-corrected chi connectivity index (χ4v) is 2.00. The fourth-order valence-electron chi connectivity index (χ4n) is 2.00. The van der Waals surface area contributed by atoms with E-state index in [0.29, 0.717) is 0 Å². The first kappa shape index (κ1) is 12.5. The number of benzene rings is 1. The quantitative estimate of drug-likeness (QED) is 0.847. The highest BCUT2D eigenvalue weighted by atomic mass is 19.1. The zero-order valence-corrected chi connectivity index (χ0v) is 9.87. The van der Waals surface area contributed by atoms with Crippen LogP contribution in [0.3, 0.4) is 0 Å². The molecule has 0 amide bonds. The van der Waals surface area contributed by atoms with Crippen LogP contribution in [0.25, 0.3) is 0 Å². The molecule has 1 atom stereocenters. The second-order valence-electron chi connectivity index (χ2n) is 4.67. The summed E-state index contributed by atoms with van der Waals surface area (Å²) in [6.07, 6.45) is 0. The van der Waals surface area contributed by atoms with Crippen LogP contribution in [0, 0.1) is 11.6 Å². The van der Waals surface area contributed by atoms with Crippen LogP contribution in [0.1, 0.15) is 25.5 Å². The Balaban J connectivity index is 2.53. The number of hydrogen-bond donors (Lipinski definition) is 2. The van der Waals surface area contributed by atoms with Crippen molar-refractivity contribution >= 4 is 11.8 Å². The SMILES string of the molecule is CC1(C)NC(C(=O)O)=NC1c1c(F)cccc1F. The molecule has 1 heterocycles. The zero-order chi connectivity index (χ0) is 13.5. The number of halogens is 2. The summed E-state index contributed by atoms with van der Waals surface area (Å²) in [6, 6.07) is 2.60. The Hall–Kier alpha value is -1.98. The summed E-state index contributed by atoms with van der Waals surface area (Å²) < 4.78 is 27.4. The number of carboxylic acid groups (broad SMARTS) is 1. The van der Waals surface area contributed by atoms with E-state index >= 15 is 0 Å². The maximum absolute atomic E-state index is 13.7. The highest BCUT2D eigenvalue weighted by Crippen LogP contribution is 2.36. The Kier molecular flexibility index (Phi) is 2.80. The van der Waals surface area contributed by atoms with Gasteiger partial charge in [0.2, 0.25) is 5.84 Å². The molecule has 0 aliphatic carbocycles. The lowest BCUT2D eigenvalue weighted by Crippen LogP contribution is -2.43. The lowest BCUT2D eigenvalue weighted by Gasteiger charge is -2.26. The minimum Gasteiger partial charge on any atom is -0.475 e. The van der Waals surface area contributed by atoms with E-state index in [1.54, 1.807) is 13.8 Å². The van der Waals surface area contributed by atoms with Crippen molar-refractivity contribution in [3.05, 3.63) is 35.4 Å². The van der Waals surface area contributed by atoms with Gasteiger partial charge in [-0.3, -0.25) is 4.99 Å². The monoisotopic (exact) mass is 254 g/mol. The predicted octanol–water partition coefficient (Wildman–Crippen LogP) is 1.87. The summed E-state index contributed by atoms with van der Waals surface area (Å²) in [4.78, 5) is 14.7. The number of amidine groups is 1. The van der Waals surface area contributed by atoms with Gasteiger partial charge in [-0.25, -0.2) is 13.6 Å². The third-order valence-electron chi connectivity index (χ3n) is 2.86. The zero-order valence-electron chi connectivity index (χ0n) is 9.87. The molecule has 2 N–H and O–H groups in total. The molecule has 2 rings (SSSR count). The molecule has 0 bridgehead atoms. The molecule has 1 aromatic carbocycles. The largest absolute Gasteiger partial charge is 0.475 e. The topological polar surface area (TPSA) is 61.7 Å². The number of carboxylic acids is 1. The predicted molar refractivity (Wildman–Crippen MR) is 61.4 cm³/mol. The van der Waals surface area contributed by atoms with Crippen molar-refractivity contribution in [1.29, 1.82) is 0 Å². The molecule has 1 unspecified atom stereocenters. The van der Waals surface area contributed by atoms with Crippen molar-refractivity contribution in [3.8, 4) is 0 Å². The second-order valence-corrected chi connectivity index (χ2v) is 4.67. The summed E-state index contributed by atoms with van der Waals surface area (Å²) >= 11 is 0. The third-order valence-corrected chi connectivity index (χ3v) is 2.86. The molecule has 0 spiro atoms. The van der Waals surface area contributed by atoms with Crippen LogP contribution in [0.15, 0.2) is 23.2 Å². The van der Waals surface area contributed by atoms with Gasteiger partial charge in [0.15, 0.2) is 0 Å². The summed E-state index contributed by atoms with van der Waals surface area (Å²) in [6.45, 7) is 3.28. The Morgan fingerprint density at radius 2 is 1.94 bits per heavy atom. The molecule has 1 aromatic rings. The van der Waals surface area contributed by atoms with Crippen molar-refractivity contribution in [2.24, 2.45) is 4.99 Å². The van der Waals surface area contributed by atoms with E-state index in [-0.39, 0.29) is 11.4 Å². The maximum Gasteiger partial charge on any atom is 0.371 e. The Morgan fingerprint density at radius 1 is 1.39 bits per heavy atom. The second kappa shape index (κ2) is 4.04. The molecule has 0 aromatic heterocycles. The summed E-state index contributed by atoms with van der Waals surface area (Å²) in [5.41, 5.74) is -1.08. The number of nitrogens with one attached hydrogen (secondary N) is 1. The fraction of sp³-hybridized carbons (Fsp3) is 0.333. The molecule has 0 saturated carbocycles. The number of nitrogens with zero attached hydrogens (tertiary/aromatic N) is 1. The van der Waals surface area contributed by atoms with Gasteiger partial charge in [-0.05, 0) is 26.0 Å². The summed E-state index contributed by atoms with van der Waals surface area (Å²) in [5, 5.41) is 11.5. The van der Waals surface area contributed by atoms with E-state index in [2.05, 4.69) is 10.3 Å². The lowest BCUT2D eigenvalue weighted by atomic mass is 9.89. The first-order valence-electron chi connectivity index (χ1n) is 5.36. The average Bonchev–Trinajstić information content (AvgIpc) is 2.55. The van der Waals surface area contributed by atoms with E-state index in [1.165, 1.54) is 6.07 Å². The van der Waals surface area contributed by atoms with Crippen LogP contribution in [-0.4, -0.2) is 22.5 Å².